The van der Waals surface area contributed by atoms with Crippen LogP contribution in [-0.4, -0.2) is 40.1 Å². The van der Waals surface area contributed by atoms with Crippen LogP contribution in [0.2, 0.25) is 0 Å². The number of carbonyl (C=O) groups excluding carboxylic acids is 3. The molecule has 4 N–H and O–H groups in total. The van der Waals surface area contributed by atoms with E-state index >= 15 is 0 Å². The number of nitrogens with zero attached hydrogens (tertiary/aromatic N) is 2. The standard InChI is InChI=1S/C17H28N6O3/c1-5-12-9-14(24)21-17(19-12)23-13(8-11(4)22-23)20-16(26)15(25)18-7-6-10(2)3/h8,10,12,17,19H,5-7,9H2,1-4H3,(H,18,25)(H,20,26)(H,21,24). The highest BCUT2D eigenvalue weighted by atomic mass is 16.2. The molecule has 9 heteroatoms. The average molecular weight is 364 g/mol. The van der Waals surface area contributed by atoms with E-state index in [1.807, 2.05) is 20.8 Å². The monoisotopic (exact) mass is 364 g/mol. The van der Waals surface area contributed by atoms with Crippen molar-refractivity contribution in [2.75, 3.05) is 11.9 Å². The summed E-state index contributed by atoms with van der Waals surface area (Å²) in [7, 11) is 0. The first-order valence-corrected chi connectivity index (χ1v) is 9.00. The molecule has 0 aromatic carbocycles. The van der Waals surface area contributed by atoms with Crippen molar-refractivity contribution in [3.63, 3.8) is 0 Å². The highest BCUT2D eigenvalue weighted by Crippen LogP contribution is 2.18. The topological polar surface area (TPSA) is 117 Å². The summed E-state index contributed by atoms with van der Waals surface area (Å²) in [6.07, 6.45) is 1.42. The van der Waals surface area contributed by atoms with E-state index in [9.17, 15) is 14.4 Å². The van der Waals surface area contributed by atoms with E-state index in [2.05, 4.69) is 26.4 Å². The molecule has 1 saturated heterocycles. The molecule has 1 aromatic rings. The summed E-state index contributed by atoms with van der Waals surface area (Å²) in [6.45, 7) is 8.30. The third-order valence-electron chi connectivity index (χ3n) is 4.17. The lowest BCUT2D eigenvalue weighted by Gasteiger charge is -2.31. The second-order valence-corrected chi connectivity index (χ2v) is 6.95. The molecule has 2 heterocycles. The van der Waals surface area contributed by atoms with Crippen LogP contribution < -0.4 is 21.3 Å². The Morgan fingerprint density at radius 3 is 2.77 bits per heavy atom. The van der Waals surface area contributed by atoms with Crippen molar-refractivity contribution in [1.29, 1.82) is 0 Å². The Morgan fingerprint density at radius 1 is 1.38 bits per heavy atom. The smallest absolute Gasteiger partial charge is 0.314 e. The molecular weight excluding hydrogens is 336 g/mol. The van der Waals surface area contributed by atoms with Gasteiger partial charge in [-0.1, -0.05) is 20.8 Å². The number of aromatic nitrogens is 2. The summed E-state index contributed by atoms with van der Waals surface area (Å²) < 4.78 is 1.48. The summed E-state index contributed by atoms with van der Waals surface area (Å²) in [5, 5.41) is 15.6. The summed E-state index contributed by atoms with van der Waals surface area (Å²) in [5.41, 5.74) is 0.662. The molecule has 0 aliphatic carbocycles. The molecular formula is C17H28N6O3. The third-order valence-corrected chi connectivity index (χ3v) is 4.17. The molecule has 0 saturated carbocycles. The minimum atomic E-state index is -0.760. The van der Waals surface area contributed by atoms with Gasteiger partial charge in [0.2, 0.25) is 5.91 Å². The highest BCUT2D eigenvalue weighted by molar-refractivity contribution is 6.39. The van der Waals surface area contributed by atoms with Crippen LogP contribution in [0, 0.1) is 12.8 Å². The fourth-order valence-corrected chi connectivity index (χ4v) is 2.69. The quantitative estimate of drug-likeness (QED) is 0.553. The molecule has 26 heavy (non-hydrogen) atoms. The van der Waals surface area contributed by atoms with Crippen LogP contribution in [0.25, 0.3) is 0 Å². The Labute approximate surface area is 153 Å². The maximum Gasteiger partial charge on any atom is 0.314 e. The molecule has 2 unspecified atom stereocenters. The van der Waals surface area contributed by atoms with Gasteiger partial charge in [-0.25, -0.2) is 4.68 Å². The van der Waals surface area contributed by atoms with Crippen molar-refractivity contribution >= 4 is 23.5 Å². The van der Waals surface area contributed by atoms with Gasteiger partial charge in [0.1, 0.15) is 5.82 Å². The first kappa shape index (κ1) is 19.9. The van der Waals surface area contributed by atoms with Crippen molar-refractivity contribution in [2.45, 2.75) is 59.3 Å². The highest BCUT2D eigenvalue weighted by Gasteiger charge is 2.28. The van der Waals surface area contributed by atoms with Gasteiger partial charge in [-0.3, -0.25) is 19.7 Å². The summed E-state index contributed by atoms with van der Waals surface area (Å²) >= 11 is 0. The van der Waals surface area contributed by atoms with Crippen molar-refractivity contribution in [1.82, 2.24) is 25.7 Å². The Kier molecular flexibility index (Phi) is 6.73. The zero-order valence-corrected chi connectivity index (χ0v) is 15.8. The SMILES string of the molecule is CCC1CC(=O)NC(n2nc(C)cc2NC(=O)C(=O)NCCC(C)C)N1. The average Bonchev–Trinajstić information content (AvgIpc) is 2.94. The van der Waals surface area contributed by atoms with E-state index in [1.54, 1.807) is 13.0 Å². The first-order valence-electron chi connectivity index (χ1n) is 9.00. The Morgan fingerprint density at radius 2 is 2.12 bits per heavy atom. The predicted molar refractivity (Wildman–Crippen MR) is 97.1 cm³/mol. The third kappa shape index (κ3) is 5.29. The molecule has 0 radical (unpaired) electrons. The number of amides is 3. The van der Waals surface area contributed by atoms with Crippen LogP contribution in [0.4, 0.5) is 5.82 Å². The number of rotatable bonds is 6. The lowest BCUT2D eigenvalue weighted by Crippen LogP contribution is -2.53. The second-order valence-electron chi connectivity index (χ2n) is 6.95. The molecule has 1 aliphatic heterocycles. The predicted octanol–water partition coefficient (Wildman–Crippen LogP) is 0.637. The van der Waals surface area contributed by atoms with Gasteiger partial charge in [-0.05, 0) is 25.7 Å². The molecule has 0 spiro atoms. The lowest BCUT2D eigenvalue weighted by atomic mass is 10.1. The summed E-state index contributed by atoms with van der Waals surface area (Å²) in [6, 6.07) is 1.68. The maximum absolute atomic E-state index is 12.1. The van der Waals surface area contributed by atoms with Gasteiger partial charge in [-0.2, -0.15) is 5.10 Å². The van der Waals surface area contributed by atoms with Crippen molar-refractivity contribution < 1.29 is 14.4 Å². The molecule has 144 valence electrons. The van der Waals surface area contributed by atoms with E-state index < -0.39 is 18.1 Å². The number of nitrogens with one attached hydrogen (secondary N) is 4. The molecule has 2 rings (SSSR count). The zero-order valence-electron chi connectivity index (χ0n) is 15.8. The molecule has 2 atom stereocenters. The van der Waals surface area contributed by atoms with Crippen LogP contribution in [0.1, 0.15) is 52.0 Å². The molecule has 1 aliphatic rings. The zero-order chi connectivity index (χ0) is 19.3. The van der Waals surface area contributed by atoms with Gasteiger partial charge in [0, 0.05) is 25.1 Å². The van der Waals surface area contributed by atoms with Crippen molar-refractivity contribution in [3.05, 3.63) is 11.8 Å². The number of hydrogen-bond acceptors (Lipinski definition) is 5. The van der Waals surface area contributed by atoms with Gasteiger partial charge >= 0.3 is 11.8 Å². The van der Waals surface area contributed by atoms with Gasteiger partial charge in [0.15, 0.2) is 6.29 Å². The summed E-state index contributed by atoms with van der Waals surface area (Å²) in [4.78, 5) is 36.0. The van der Waals surface area contributed by atoms with Crippen molar-refractivity contribution in [2.24, 2.45) is 5.92 Å². The minimum Gasteiger partial charge on any atom is -0.348 e. The molecule has 3 amide bonds. The van der Waals surface area contributed by atoms with Crippen LogP contribution >= 0.6 is 0 Å². The Balaban J connectivity index is 2.05. The maximum atomic E-state index is 12.1. The number of carbonyl (C=O) groups is 3. The number of hydrogen-bond donors (Lipinski definition) is 4. The number of aryl methyl sites for hydroxylation is 1. The molecule has 0 bridgehead atoms. The van der Waals surface area contributed by atoms with Crippen LogP contribution in [0.3, 0.4) is 0 Å². The molecule has 9 nitrogen and oxygen atoms in total. The Hall–Kier alpha value is -2.42. The van der Waals surface area contributed by atoms with Crippen molar-refractivity contribution in [3.8, 4) is 0 Å². The van der Waals surface area contributed by atoms with E-state index in [0.717, 1.165) is 12.8 Å². The van der Waals surface area contributed by atoms with Crippen LogP contribution in [0.15, 0.2) is 6.07 Å². The summed E-state index contributed by atoms with van der Waals surface area (Å²) in [5.74, 6) is -0.749. The Bertz CT molecular complexity index is 669. The van der Waals surface area contributed by atoms with Gasteiger partial charge in [0.25, 0.3) is 0 Å². The van der Waals surface area contributed by atoms with E-state index in [-0.39, 0.29) is 11.9 Å². The lowest BCUT2D eigenvalue weighted by molar-refractivity contribution is -0.136. The van der Waals surface area contributed by atoms with E-state index in [1.165, 1.54) is 4.68 Å². The fraction of sp³-hybridized carbons (Fsp3) is 0.647. The van der Waals surface area contributed by atoms with E-state index in [0.29, 0.717) is 30.4 Å². The second kappa shape index (κ2) is 8.79. The molecule has 1 aromatic heterocycles. The largest absolute Gasteiger partial charge is 0.348 e. The van der Waals surface area contributed by atoms with Crippen LogP contribution in [-0.2, 0) is 14.4 Å². The van der Waals surface area contributed by atoms with Gasteiger partial charge in [0.05, 0.1) is 5.69 Å². The fourth-order valence-electron chi connectivity index (χ4n) is 2.69. The van der Waals surface area contributed by atoms with E-state index in [4.69, 9.17) is 0 Å². The van der Waals surface area contributed by atoms with Crippen LogP contribution in [0.5, 0.6) is 0 Å². The molecule has 1 fully saturated rings. The number of anilines is 1. The van der Waals surface area contributed by atoms with Gasteiger partial charge < -0.3 is 16.0 Å². The van der Waals surface area contributed by atoms with Gasteiger partial charge in [-0.15, -0.1) is 0 Å². The minimum absolute atomic E-state index is 0.0288. The normalized spacial score (nSPS) is 20.0. The first-order chi connectivity index (χ1) is 12.3.